The molecule has 1 amide bonds. The summed E-state index contributed by atoms with van der Waals surface area (Å²) in [4.78, 5) is 24.1. The van der Waals surface area contributed by atoms with Crippen LogP contribution < -0.4 is 0 Å². The lowest BCUT2D eigenvalue weighted by atomic mass is 9.90. The lowest BCUT2D eigenvalue weighted by Gasteiger charge is -2.39. The maximum Gasteiger partial charge on any atom is 0.310 e. The molecule has 0 saturated carbocycles. The van der Waals surface area contributed by atoms with E-state index in [0.717, 1.165) is 19.3 Å². The van der Waals surface area contributed by atoms with E-state index < -0.39 is 5.97 Å². The van der Waals surface area contributed by atoms with E-state index in [4.69, 9.17) is 5.11 Å². The van der Waals surface area contributed by atoms with Crippen molar-refractivity contribution in [2.45, 2.75) is 19.3 Å². The minimum Gasteiger partial charge on any atom is -0.481 e. The number of allylic oxidation sites excluding steroid dienone is 2. The molecule has 1 N–H and O–H groups in total. The largest absolute Gasteiger partial charge is 0.481 e. The molecule has 0 aromatic heterocycles. The first-order chi connectivity index (χ1) is 7.18. The van der Waals surface area contributed by atoms with E-state index >= 15 is 0 Å². The lowest BCUT2D eigenvalue weighted by molar-refractivity contribution is -0.154. The quantitative estimate of drug-likeness (QED) is 0.687. The number of hydrogen-bond acceptors (Lipinski definition) is 2. The Bertz CT molecular complexity index is 305. The molecular weight excluding hydrogens is 194 g/mol. The highest BCUT2D eigenvalue weighted by molar-refractivity contribution is 5.82. The van der Waals surface area contributed by atoms with Gasteiger partial charge in [0.1, 0.15) is 0 Å². The minimum absolute atomic E-state index is 0.0877. The smallest absolute Gasteiger partial charge is 0.310 e. The molecule has 0 radical (unpaired) electrons. The molecule has 1 heterocycles. The molecule has 0 spiro atoms. The van der Waals surface area contributed by atoms with Crippen molar-refractivity contribution in [1.29, 1.82) is 0 Å². The number of carboxylic acid groups (broad SMARTS) is 1. The molecule has 0 aromatic carbocycles. The van der Waals surface area contributed by atoms with Crippen LogP contribution in [0.25, 0.3) is 0 Å². The first kappa shape index (κ1) is 10.2. The monoisotopic (exact) mass is 209 g/mol. The van der Waals surface area contributed by atoms with Gasteiger partial charge in [0.15, 0.2) is 0 Å². The molecule has 1 aliphatic heterocycles. The van der Waals surface area contributed by atoms with Crippen LogP contribution in [0.3, 0.4) is 0 Å². The first-order valence-electron chi connectivity index (χ1n) is 5.35. The second kappa shape index (κ2) is 4.04. The van der Waals surface area contributed by atoms with Gasteiger partial charge in [0, 0.05) is 19.0 Å². The van der Waals surface area contributed by atoms with Gasteiger partial charge in [-0.25, -0.2) is 0 Å². The molecule has 0 aromatic rings. The predicted octanol–water partition coefficient (Wildman–Crippen LogP) is 0.886. The Hall–Kier alpha value is -1.32. The Morgan fingerprint density at radius 2 is 1.93 bits per heavy atom. The number of carbonyl (C=O) groups excluding carboxylic acids is 1. The number of rotatable bonds is 2. The van der Waals surface area contributed by atoms with Crippen LogP contribution in [-0.4, -0.2) is 35.0 Å². The zero-order valence-corrected chi connectivity index (χ0v) is 8.56. The molecule has 1 atom stereocenters. The number of nitrogens with zero attached hydrogens (tertiary/aromatic N) is 1. The first-order valence-corrected chi connectivity index (χ1v) is 5.35. The van der Waals surface area contributed by atoms with E-state index in [-0.39, 0.29) is 17.7 Å². The second-order valence-corrected chi connectivity index (χ2v) is 4.26. The summed E-state index contributed by atoms with van der Waals surface area (Å²) in [7, 11) is 0. The standard InChI is InChI=1S/C11H15NO3/c13-10(8-4-2-1-3-5-8)12-6-9(7-12)11(14)15/h1-2,8-9H,3-7H2,(H,14,15)/t8-/m1/s1. The average molecular weight is 209 g/mol. The zero-order chi connectivity index (χ0) is 10.8. The maximum absolute atomic E-state index is 11.8. The van der Waals surface area contributed by atoms with Crippen molar-refractivity contribution in [2.24, 2.45) is 11.8 Å². The summed E-state index contributed by atoms with van der Waals surface area (Å²) in [6, 6.07) is 0. The number of hydrogen-bond donors (Lipinski definition) is 1. The van der Waals surface area contributed by atoms with Crippen LogP contribution in [0.5, 0.6) is 0 Å². The topological polar surface area (TPSA) is 57.6 Å². The fraction of sp³-hybridized carbons (Fsp3) is 0.636. The van der Waals surface area contributed by atoms with Crippen LogP contribution in [0, 0.1) is 11.8 Å². The summed E-state index contributed by atoms with van der Waals surface area (Å²) in [6.45, 7) is 0.794. The van der Waals surface area contributed by atoms with Gasteiger partial charge in [0.05, 0.1) is 5.92 Å². The molecule has 2 rings (SSSR count). The van der Waals surface area contributed by atoms with Crippen molar-refractivity contribution in [3.8, 4) is 0 Å². The van der Waals surface area contributed by atoms with Crippen LogP contribution in [0.4, 0.5) is 0 Å². The Balaban J connectivity index is 1.83. The van der Waals surface area contributed by atoms with Gasteiger partial charge in [0.2, 0.25) is 5.91 Å². The van der Waals surface area contributed by atoms with Gasteiger partial charge in [-0.1, -0.05) is 12.2 Å². The normalized spacial score (nSPS) is 26.1. The lowest BCUT2D eigenvalue weighted by Crippen LogP contribution is -2.54. The van der Waals surface area contributed by atoms with Crippen molar-refractivity contribution < 1.29 is 14.7 Å². The second-order valence-electron chi connectivity index (χ2n) is 4.26. The summed E-state index contributed by atoms with van der Waals surface area (Å²) in [5.74, 6) is -0.905. The highest BCUT2D eigenvalue weighted by atomic mass is 16.4. The summed E-state index contributed by atoms with van der Waals surface area (Å²) >= 11 is 0. The summed E-state index contributed by atoms with van der Waals surface area (Å²) in [6.07, 6.45) is 6.82. The molecule has 1 aliphatic carbocycles. The summed E-state index contributed by atoms with van der Waals surface area (Å²) < 4.78 is 0. The summed E-state index contributed by atoms with van der Waals surface area (Å²) in [5.41, 5.74) is 0. The molecule has 2 aliphatic rings. The third kappa shape index (κ3) is 2.03. The maximum atomic E-state index is 11.8. The highest BCUT2D eigenvalue weighted by Crippen LogP contribution is 2.25. The molecule has 1 saturated heterocycles. The Morgan fingerprint density at radius 3 is 2.47 bits per heavy atom. The third-order valence-corrected chi connectivity index (χ3v) is 3.16. The average Bonchev–Trinajstić information content (AvgIpc) is 2.16. The van der Waals surface area contributed by atoms with E-state index in [2.05, 4.69) is 6.08 Å². The van der Waals surface area contributed by atoms with Gasteiger partial charge in [-0.15, -0.1) is 0 Å². The number of amides is 1. The Kier molecular flexibility index (Phi) is 2.75. The molecule has 0 unspecified atom stereocenters. The van der Waals surface area contributed by atoms with E-state index in [1.54, 1.807) is 4.90 Å². The van der Waals surface area contributed by atoms with Gasteiger partial charge in [-0.05, 0) is 19.3 Å². The zero-order valence-electron chi connectivity index (χ0n) is 8.56. The van der Waals surface area contributed by atoms with Gasteiger partial charge < -0.3 is 10.0 Å². The van der Waals surface area contributed by atoms with Crippen LogP contribution >= 0.6 is 0 Å². The molecule has 4 heteroatoms. The number of likely N-dealkylation sites (tertiary alicyclic amines) is 1. The van der Waals surface area contributed by atoms with Crippen LogP contribution in [0.15, 0.2) is 12.2 Å². The van der Waals surface area contributed by atoms with Crippen LogP contribution in [0.1, 0.15) is 19.3 Å². The van der Waals surface area contributed by atoms with E-state index in [1.165, 1.54) is 0 Å². The SMILES string of the molecule is O=C(O)C1CN(C(=O)[C@@H]2CC=CCC2)C1. The van der Waals surface area contributed by atoms with Crippen molar-refractivity contribution in [3.05, 3.63) is 12.2 Å². The number of carbonyl (C=O) groups is 2. The van der Waals surface area contributed by atoms with Gasteiger partial charge in [-0.3, -0.25) is 9.59 Å². The molecule has 1 fully saturated rings. The van der Waals surface area contributed by atoms with Crippen molar-refractivity contribution >= 4 is 11.9 Å². The van der Waals surface area contributed by atoms with E-state index in [1.807, 2.05) is 6.08 Å². The Labute approximate surface area is 88.6 Å². The fourth-order valence-electron chi connectivity index (χ4n) is 2.09. The van der Waals surface area contributed by atoms with E-state index in [0.29, 0.717) is 13.1 Å². The van der Waals surface area contributed by atoms with Gasteiger partial charge in [0.25, 0.3) is 0 Å². The highest BCUT2D eigenvalue weighted by Gasteiger charge is 2.37. The molecule has 0 bridgehead atoms. The third-order valence-electron chi connectivity index (χ3n) is 3.16. The van der Waals surface area contributed by atoms with Gasteiger partial charge in [-0.2, -0.15) is 0 Å². The van der Waals surface area contributed by atoms with Crippen LogP contribution in [-0.2, 0) is 9.59 Å². The van der Waals surface area contributed by atoms with E-state index in [9.17, 15) is 9.59 Å². The van der Waals surface area contributed by atoms with Crippen molar-refractivity contribution in [3.63, 3.8) is 0 Å². The molecule has 82 valence electrons. The van der Waals surface area contributed by atoms with Crippen molar-refractivity contribution in [1.82, 2.24) is 4.90 Å². The molecular formula is C11H15NO3. The van der Waals surface area contributed by atoms with Crippen LogP contribution in [0.2, 0.25) is 0 Å². The number of aliphatic carboxylic acids is 1. The number of carboxylic acids is 1. The summed E-state index contributed by atoms with van der Waals surface area (Å²) in [5, 5.41) is 8.69. The van der Waals surface area contributed by atoms with Crippen molar-refractivity contribution in [2.75, 3.05) is 13.1 Å². The predicted molar refractivity (Wildman–Crippen MR) is 54.2 cm³/mol. The van der Waals surface area contributed by atoms with Gasteiger partial charge >= 0.3 is 5.97 Å². The molecule has 4 nitrogen and oxygen atoms in total. The minimum atomic E-state index is -0.789. The molecule has 15 heavy (non-hydrogen) atoms. The Morgan fingerprint density at radius 1 is 1.20 bits per heavy atom. The fourth-order valence-corrected chi connectivity index (χ4v) is 2.09.